The molecule has 0 aromatic heterocycles. The van der Waals surface area contributed by atoms with Gasteiger partial charge in [-0.05, 0) is 33.6 Å². The minimum atomic E-state index is -0.178. The maximum Gasteiger partial charge on any atom is 0.124 e. The number of halogens is 2. The third kappa shape index (κ3) is 1.35. The first-order valence-corrected chi connectivity index (χ1v) is 5.03. The summed E-state index contributed by atoms with van der Waals surface area (Å²) in [5.41, 5.74) is 2.12. The third-order valence-corrected chi connectivity index (χ3v) is 3.12. The van der Waals surface area contributed by atoms with E-state index >= 15 is 0 Å². The van der Waals surface area contributed by atoms with Crippen LogP contribution >= 0.6 is 15.9 Å². The van der Waals surface area contributed by atoms with E-state index in [-0.39, 0.29) is 11.2 Å². The van der Waals surface area contributed by atoms with Gasteiger partial charge in [-0.2, -0.15) is 0 Å². The highest BCUT2D eigenvalue weighted by molar-refractivity contribution is 9.10. The van der Waals surface area contributed by atoms with Crippen LogP contribution in [-0.4, -0.2) is 6.54 Å². The molecule has 1 aliphatic heterocycles. The lowest BCUT2D eigenvalue weighted by Crippen LogP contribution is -2.18. The number of benzene rings is 1. The molecule has 0 radical (unpaired) electrons. The van der Waals surface area contributed by atoms with Crippen molar-refractivity contribution in [1.82, 2.24) is 0 Å². The number of hydrogen-bond donors (Lipinski definition) is 1. The molecule has 0 aliphatic carbocycles. The van der Waals surface area contributed by atoms with E-state index in [2.05, 4.69) is 35.1 Å². The molecule has 0 saturated carbocycles. The van der Waals surface area contributed by atoms with Crippen molar-refractivity contribution in [3.8, 4) is 0 Å². The van der Waals surface area contributed by atoms with Gasteiger partial charge in [0.05, 0.1) is 5.69 Å². The molecule has 1 N–H and O–H groups in total. The molecule has 0 unspecified atom stereocenters. The summed E-state index contributed by atoms with van der Waals surface area (Å²) in [6.45, 7) is 5.08. The monoisotopic (exact) mass is 243 g/mol. The lowest BCUT2D eigenvalue weighted by Gasteiger charge is -2.16. The summed E-state index contributed by atoms with van der Waals surface area (Å²) in [6.07, 6.45) is 0. The molecule has 0 amide bonds. The zero-order valence-corrected chi connectivity index (χ0v) is 9.20. The van der Waals surface area contributed by atoms with Gasteiger partial charge in [-0.1, -0.05) is 13.8 Å². The number of fused-ring (bicyclic) bond motifs is 1. The molecule has 3 heteroatoms. The quantitative estimate of drug-likeness (QED) is 0.738. The second-order valence-corrected chi connectivity index (χ2v) is 4.90. The minimum Gasteiger partial charge on any atom is -0.383 e. The first-order chi connectivity index (χ1) is 6.00. The lowest BCUT2D eigenvalue weighted by atomic mass is 9.87. The highest BCUT2D eigenvalue weighted by Crippen LogP contribution is 2.40. The zero-order chi connectivity index (χ0) is 9.64. The minimum absolute atomic E-state index is 0.0277. The Hall–Kier alpha value is -0.570. The van der Waals surface area contributed by atoms with Gasteiger partial charge in [-0.15, -0.1) is 0 Å². The van der Waals surface area contributed by atoms with E-state index in [1.54, 1.807) is 6.07 Å². The van der Waals surface area contributed by atoms with Gasteiger partial charge in [-0.3, -0.25) is 0 Å². The van der Waals surface area contributed by atoms with Crippen molar-refractivity contribution < 1.29 is 4.39 Å². The Morgan fingerprint density at radius 3 is 2.85 bits per heavy atom. The summed E-state index contributed by atoms with van der Waals surface area (Å²) in [5, 5.41) is 3.27. The molecule has 13 heavy (non-hydrogen) atoms. The van der Waals surface area contributed by atoms with E-state index in [1.807, 2.05) is 0 Å². The first kappa shape index (κ1) is 9.00. The van der Waals surface area contributed by atoms with Crippen molar-refractivity contribution in [1.29, 1.82) is 0 Å². The highest BCUT2D eigenvalue weighted by atomic mass is 79.9. The van der Waals surface area contributed by atoms with Crippen LogP contribution in [0.3, 0.4) is 0 Å². The number of anilines is 1. The van der Waals surface area contributed by atoms with E-state index in [0.29, 0.717) is 0 Å². The highest BCUT2D eigenvalue weighted by Gasteiger charge is 2.31. The predicted molar refractivity (Wildman–Crippen MR) is 55.6 cm³/mol. The van der Waals surface area contributed by atoms with Gasteiger partial charge in [0.25, 0.3) is 0 Å². The maximum absolute atomic E-state index is 13.1. The van der Waals surface area contributed by atoms with Crippen molar-refractivity contribution >= 4 is 21.6 Å². The van der Waals surface area contributed by atoms with Gasteiger partial charge < -0.3 is 5.32 Å². The van der Waals surface area contributed by atoms with E-state index in [9.17, 15) is 4.39 Å². The van der Waals surface area contributed by atoms with Crippen LogP contribution in [0.25, 0.3) is 0 Å². The topological polar surface area (TPSA) is 12.0 Å². The molecular formula is C10H11BrFN. The summed E-state index contributed by atoms with van der Waals surface area (Å²) in [4.78, 5) is 0. The van der Waals surface area contributed by atoms with Crippen LogP contribution < -0.4 is 5.32 Å². The van der Waals surface area contributed by atoms with Crippen molar-refractivity contribution in [2.24, 2.45) is 0 Å². The van der Waals surface area contributed by atoms with Crippen molar-refractivity contribution in [2.45, 2.75) is 19.3 Å². The van der Waals surface area contributed by atoms with Crippen LogP contribution in [0.4, 0.5) is 10.1 Å². The fraction of sp³-hybridized carbons (Fsp3) is 0.400. The molecule has 1 nitrogen and oxygen atoms in total. The Bertz CT molecular complexity index is 360. The maximum atomic E-state index is 13.1. The van der Waals surface area contributed by atoms with E-state index < -0.39 is 0 Å². The first-order valence-electron chi connectivity index (χ1n) is 4.24. The molecule has 1 heterocycles. The number of hydrogen-bond acceptors (Lipinski definition) is 1. The Balaban J connectivity index is 2.65. The summed E-state index contributed by atoms with van der Waals surface area (Å²) in [5.74, 6) is -0.178. The largest absolute Gasteiger partial charge is 0.383 e. The summed E-state index contributed by atoms with van der Waals surface area (Å²) in [7, 11) is 0. The van der Waals surface area contributed by atoms with Crippen LogP contribution in [0.1, 0.15) is 19.4 Å². The lowest BCUT2D eigenvalue weighted by molar-refractivity contribution is 0.573. The smallest absolute Gasteiger partial charge is 0.124 e. The Morgan fingerprint density at radius 2 is 2.15 bits per heavy atom. The molecule has 0 saturated heterocycles. The fourth-order valence-corrected chi connectivity index (χ4v) is 2.26. The van der Waals surface area contributed by atoms with Gasteiger partial charge in [0.15, 0.2) is 0 Å². The van der Waals surface area contributed by atoms with E-state index in [0.717, 1.165) is 22.3 Å². The molecule has 0 atom stereocenters. The standard InChI is InChI=1S/C10H11BrFN/c1-10(2)5-13-9-7(10)3-6(12)4-8(9)11/h3-4,13H,5H2,1-2H3. The molecule has 0 fully saturated rings. The molecule has 0 spiro atoms. The van der Waals surface area contributed by atoms with Crippen LogP contribution in [0, 0.1) is 5.82 Å². The van der Waals surface area contributed by atoms with Gasteiger partial charge in [0.2, 0.25) is 0 Å². The van der Waals surface area contributed by atoms with Crippen molar-refractivity contribution in [2.75, 3.05) is 11.9 Å². The van der Waals surface area contributed by atoms with E-state index in [4.69, 9.17) is 0 Å². The van der Waals surface area contributed by atoms with Gasteiger partial charge in [-0.25, -0.2) is 4.39 Å². The Kier molecular flexibility index (Phi) is 1.88. The van der Waals surface area contributed by atoms with Crippen LogP contribution in [0.5, 0.6) is 0 Å². The fourth-order valence-electron chi connectivity index (χ4n) is 1.69. The molecular weight excluding hydrogens is 233 g/mol. The molecule has 1 aromatic rings. The van der Waals surface area contributed by atoms with Gasteiger partial charge in [0.1, 0.15) is 5.82 Å². The second-order valence-electron chi connectivity index (χ2n) is 4.05. The normalized spacial score (nSPS) is 18.2. The van der Waals surface area contributed by atoms with Gasteiger partial charge in [0, 0.05) is 16.4 Å². The second kappa shape index (κ2) is 2.71. The third-order valence-electron chi connectivity index (χ3n) is 2.49. The molecule has 70 valence electrons. The van der Waals surface area contributed by atoms with Crippen molar-refractivity contribution in [3.63, 3.8) is 0 Å². The summed E-state index contributed by atoms with van der Waals surface area (Å²) < 4.78 is 13.9. The molecule has 2 rings (SSSR count). The predicted octanol–water partition coefficient (Wildman–Crippen LogP) is 3.29. The zero-order valence-electron chi connectivity index (χ0n) is 7.62. The molecule has 1 aromatic carbocycles. The van der Waals surface area contributed by atoms with Crippen molar-refractivity contribution in [3.05, 3.63) is 28.0 Å². The van der Waals surface area contributed by atoms with Gasteiger partial charge >= 0.3 is 0 Å². The van der Waals surface area contributed by atoms with Crippen LogP contribution in [0.2, 0.25) is 0 Å². The van der Waals surface area contributed by atoms with Crippen LogP contribution in [0.15, 0.2) is 16.6 Å². The Labute approximate surface area is 85.5 Å². The molecule has 0 bridgehead atoms. The number of rotatable bonds is 0. The number of nitrogens with one attached hydrogen (secondary N) is 1. The average Bonchev–Trinajstić information content (AvgIpc) is 2.28. The SMILES string of the molecule is CC1(C)CNc2c(Br)cc(F)cc21. The van der Waals surface area contributed by atoms with Crippen LogP contribution in [-0.2, 0) is 5.41 Å². The summed E-state index contributed by atoms with van der Waals surface area (Å²) >= 11 is 3.35. The summed E-state index contributed by atoms with van der Waals surface area (Å²) in [6, 6.07) is 3.10. The Morgan fingerprint density at radius 1 is 1.46 bits per heavy atom. The van der Waals surface area contributed by atoms with E-state index in [1.165, 1.54) is 6.07 Å². The average molecular weight is 244 g/mol. The molecule has 1 aliphatic rings.